The molecule has 1 aliphatic heterocycles. The maximum absolute atomic E-state index is 13.5. The summed E-state index contributed by atoms with van der Waals surface area (Å²) >= 11 is 0. The van der Waals surface area contributed by atoms with Crippen LogP contribution in [0.3, 0.4) is 0 Å². The van der Waals surface area contributed by atoms with Crippen molar-refractivity contribution in [3.8, 4) is 11.5 Å². The lowest BCUT2D eigenvalue weighted by molar-refractivity contribution is -0.153. The Morgan fingerprint density at radius 2 is 1.82 bits per heavy atom. The molecule has 2 aromatic heterocycles. The summed E-state index contributed by atoms with van der Waals surface area (Å²) in [6.07, 6.45) is -2.29. The highest BCUT2D eigenvalue weighted by Gasteiger charge is 2.42. The summed E-state index contributed by atoms with van der Waals surface area (Å²) in [7, 11) is 1.36. The fourth-order valence-electron chi connectivity index (χ4n) is 3.72. The number of aromatic nitrogens is 2. The van der Waals surface area contributed by atoms with E-state index in [0.29, 0.717) is 37.3 Å². The normalized spacial score (nSPS) is 14.6. The number of carbonyl (C=O) groups is 2. The number of halogens is 3. The lowest BCUT2D eigenvalue weighted by atomic mass is 9.97. The molecule has 0 unspecified atom stereocenters. The molecule has 4 rings (SSSR count). The van der Waals surface area contributed by atoms with Gasteiger partial charge >= 0.3 is 12.1 Å². The highest BCUT2D eigenvalue weighted by molar-refractivity contribution is 6.04. The van der Waals surface area contributed by atoms with Gasteiger partial charge in [0.1, 0.15) is 5.82 Å². The monoisotopic (exact) mass is 474 g/mol. The number of ether oxygens (including phenoxy) is 1. The maximum atomic E-state index is 13.5. The zero-order valence-corrected chi connectivity index (χ0v) is 18.1. The summed E-state index contributed by atoms with van der Waals surface area (Å²) in [5, 5.41) is 2.39. The maximum Gasteiger partial charge on any atom is 0.452 e. The molecule has 1 amide bonds. The summed E-state index contributed by atoms with van der Waals surface area (Å²) in [5.41, 5.74) is -0.343. The van der Waals surface area contributed by atoms with Gasteiger partial charge in [-0.25, -0.2) is 9.97 Å². The van der Waals surface area contributed by atoms with E-state index in [1.54, 1.807) is 24.3 Å². The molecule has 1 aliphatic rings. The van der Waals surface area contributed by atoms with E-state index in [1.807, 2.05) is 4.90 Å². The van der Waals surface area contributed by atoms with Gasteiger partial charge in [-0.3, -0.25) is 9.59 Å². The van der Waals surface area contributed by atoms with Crippen LogP contribution in [-0.2, 0) is 15.7 Å². The van der Waals surface area contributed by atoms with Crippen LogP contribution in [0, 0.1) is 5.92 Å². The number of nitrogens with one attached hydrogen (secondary N) is 1. The number of nitrogens with zero attached hydrogens (tertiary/aromatic N) is 3. The number of pyridine rings is 1. The third-order valence-electron chi connectivity index (χ3n) is 5.48. The molecule has 0 saturated carbocycles. The second-order valence-corrected chi connectivity index (χ2v) is 7.70. The molecule has 8 nitrogen and oxygen atoms in total. The van der Waals surface area contributed by atoms with Crippen molar-refractivity contribution in [2.75, 3.05) is 30.4 Å². The van der Waals surface area contributed by atoms with Crippen LogP contribution in [0.25, 0.3) is 11.5 Å². The van der Waals surface area contributed by atoms with E-state index in [-0.39, 0.29) is 23.5 Å². The molecule has 3 aromatic rings. The highest BCUT2D eigenvalue weighted by Crippen LogP contribution is 2.35. The minimum atomic E-state index is -4.90. The van der Waals surface area contributed by atoms with Crippen LogP contribution in [0.1, 0.15) is 29.1 Å². The summed E-state index contributed by atoms with van der Waals surface area (Å²) in [6.45, 7) is 1.21. The van der Waals surface area contributed by atoms with Gasteiger partial charge < -0.3 is 19.4 Å². The summed E-state index contributed by atoms with van der Waals surface area (Å²) in [5.74, 6) is -2.58. The zero-order chi connectivity index (χ0) is 24.3. The van der Waals surface area contributed by atoms with E-state index in [9.17, 15) is 22.8 Å². The molecule has 1 aromatic carbocycles. The predicted molar refractivity (Wildman–Crippen MR) is 116 cm³/mol. The third kappa shape index (κ3) is 5.03. The Labute approximate surface area is 192 Å². The van der Waals surface area contributed by atoms with Gasteiger partial charge in [-0.15, -0.1) is 0 Å². The minimum absolute atomic E-state index is 0.147. The van der Waals surface area contributed by atoms with Gasteiger partial charge in [0.15, 0.2) is 5.69 Å². The Bertz CT molecular complexity index is 1160. The molecule has 0 radical (unpaired) electrons. The van der Waals surface area contributed by atoms with Crippen LogP contribution in [-0.4, -0.2) is 42.0 Å². The van der Waals surface area contributed by atoms with Crippen LogP contribution in [0.4, 0.5) is 24.7 Å². The fraction of sp³-hybridized carbons (Fsp3) is 0.304. The number of esters is 1. The van der Waals surface area contributed by atoms with Gasteiger partial charge in [-0.05, 0) is 37.1 Å². The van der Waals surface area contributed by atoms with Gasteiger partial charge in [-0.2, -0.15) is 13.2 Å². The topological polar surface area (TPSA) is 97.6 Å². The van der Waals surface area contributed by atoms with E-state index >= 15 is 0 Å². The van der Waals surface area contributed by atoms with Crippen molar-refractivity contribution in [3.63, 3.8) is 0 Å². The number of benzene rings is 1. The number of carbonyl (C=O) groups excluding carboxylic acids is 2. The molecule has 34 heavy (non-hydrogen) atoms. The van der Waals surface area contributed by atoms with Crippen LogP contribution in [0.2, 0.25) is 0 Å². The molecule has 1 N–H and O–H groups in total. The first-order valence-corrected chi connectivity index (χ1v) is 10.5. The van der Waals surface area contributed by atoms with E-state index < -0.39 is 23.5 Å². The fourth-order valence-corrected chi connectivity index (χ4v) is 3.72. The number of hydrogen-bond donors (Lipinski definition) is 1. The van der Waals surface area contributed by atoms with Crippen LogP contribution >= 0.6 is 0 Å². The Hall–Kier alpha value is -3.89. The van der Waals surface area contributed by atoms with Gasteiger partial charge in [0.2, 0.25) is 11.7 Å². The minimum Gasteiger partial charge on any atom is -0.469 e. The highest BCUT2D eigenvalue weighted by atomic mass is 19.4. The number of rotatable bonds is 5. The molecule has 3 heterocycles. The van der Waals surface area contributed by atoms with Gasteiger partial charge in [0.25, 0.3) is 5.91 Å². The second-order valence-electron chi connectivity index (χ2n) is 7.70. The summed E-state index contributed by atoms with van der Waals surface area (Å²) in [6, 6.07) is 11.2. The molecule has 178 valence electrons. The van der Waals surface area contributed by atoms with E-state index in [2.05, 4.69) is 15.3 Å². The van der Waals surface area contributed by atoms with E-state index in [1.165, 1.54) is 31.5 Å². The Morgan fingerprint density at radius 1 is 1.12 bits per heavy atom. The Balaban J connectivity index is 1.47. The molecule has 1 saturated heterocycles. The molecule has 0 aliphatic carbocycles. The number of anilines is 2. The Kier molecular flexibility index (Phi) is 6.53. The first kappa shape index (κ1) is 23.3. The van der Waals surface area contributed by atoms with Gasteiger partial charge in [0, 0.05) is 18.7 Å². The third-order valence-corrected chi connectivity index (χ3v) is 5.48. The van der Waals surface area contributed by atoms with Crippen molar-refractivity contribution in [2.45, 2.75) is 19.0 Å². The number of alkyl halides is 3. The van der Waals surface area contributed by atoms with Crippen LogP contribution in [0.5, 0.6) is 0 Å². The average molecular weight is 474 g/mol. The number of piperidine rings is 1. The quantitative estimate of drug-likeness (QED) is 0.548. The van der Waals surface area contributed by atoms with Crippen molar-refractivity contribution in [2.24, 2.45) is 5.92 Å². The summed E-state index contributed by atoms with van der Waals surface area (Å²) < 4.78 is 50.1. The molecule has 11 heteroatoms. The molecular weight excluding hydrogens is 453 g/mol. The van der Waals surface area contributed by atoms with Crippen molar-refractivity contribution < 1.29 is 31.9 Å². The molecule has 0 atom stereocenters. The van der Waals surface area contributed by atoms with Crippen LogP contribution < -0.4 is 10.2 Å². The first-order chi connectivity index (χ1) is 16.3. The number of oxazole rings is 1. The largest absolute Gasteiger partial charge is 0.469 e. The van der Waals surface area contributed by atoms with Crippen LogP contribution in [0.15, 0.2) is 53.1 Å². The zero-order valence-electron chi connectivity index (χ0n) is 18.1. The Morgan fingerprint density at radius 3 is 2.41 bits per heavy atom. The summed E-state index contributed by atoms with van der Waals surface area (Å²) in [4.78, 5) is 34.4. The van der Waals surface area contributed by atoms with Crippen molar-refractivity contribution in [1.82, 2.24) is 9.97 Å². The lowest BCUT2D eigenvalue weighted by Crippen LogP contribution is -2.37. The number of hydrogen-bond acceptors (Lipinski definition) is 7. The van der Waals surface area contributed by atoms with Crippen molar-refractivity contribution in [3.05, 3.63) is 60.1 Å². The first-order valence-electron chi connectivity index (χ1n) is 10.5. The molecule has 0 bridgehead atoms. The molecular formula is C23H21F3N4O4. The van der Waals surface area contributed by atoms with Crippen molar-refractivity contribution >= 4 is 23.4 Å². The van der Waals surface area contributed by atoms with E-state index in [4.69, 9.17) is 9.15 Å². The van der Waals surface area contributed by atoms with Gasteiger partial charge in [0.05, 0.1) is 24.9 Å². The SMILES string of the molecule is COC(=O)C1CCN(c2ccc(NC(=O)c3nc(-c4ccccc4)oc3C(F)(F)F)cn2)CC1. The van der Waals surface area contributed by atoms with E-state index in [0.717, 1.165) is 0 Å². The number of amides is 1. The van der Waals surface area contributed by atoms with Crippen molar-refractivity contribution in [1.29, 1.82) is 0 Å². The van der Waals surface area contributed by atoms with Gasteiger partial charge in [-0.1, -0.05) is 18.2 Å². The number of methoxy groups -OCH3 is 1. The lowest BCUT2D eigenvalue weighted by Gasteiger charge is -2.31. The molecule has 1 fully saturated rings. The predicted octanol–water partition coefficient (Wildman–Crippen LogP) is 4.40. The smallest absolute Gasteiger partial charge is 0.452 e. The average Bonchev–Trinajstić information content (AvgIpc) is 3.31. The molecule has 0 spiro atoms. The standard InChI is InChI=1S/C23H21F3N4O4/c1-33-22(32)15-9-11-30(12-10-15)17-8-7-16(13-27-17)28-20(31)18-19(23(24,25)26)34-21(29-18)14-5-3-2-4-6-14/h2-8,13,15H,9-12H2,1H3,(H,28,31). The second kappa shape index (κ2) is 9.54.